The maximum Gasteiger partial charge on any atom is 0.0135 e. The second kappa shape index (κ2) is 2.56. The molecule has 5 aliphatic carbocycles. The zero-order valence-corrected chi connectivity index (χ0v) is 10.0. The molecule has 0 amide bonds. The Labute approximate surface area is 97.8 Å². The average Bonchev–Trinajstić information content (AvgIpc) is 2.64. The molecule has 0 saturated heterocycles. The molecule has 0 spiro atoms. The molecule has 0 aliphatic heterocycles. The molecule has 2 bridgehead atoms. The summed E-state index contributed by atoms with van der Waals surface area (Å²) < 4.78 is 0. The van der Waals surface area contributed by atoms with Crippen molar-refractivity contribution in [2.24, 2.45) is 47.3 Å². The van der Waals surface area contributed by atoms with E-state index in [-0.39, 0.29) is 12.4 Å². The number of nitrogens with one attached hydrogen (secondary N) is 1. The molecule has 9 atom stereocenters. The average molecular weight is 226 g/mol. The Balaban J connectivity index is 0.000000648. The molecule has 1 nitrogen and oxygen atoms in total. The van der Waals surface area contributed by atoms with Crippen molar-refractivity contribution in [1.29, 1.82) is 0 Å². The van der Waals surface area contributed by atoms with Crippen LogP contribution in [0, 0.1) is 47.3 Å². The van der Waals surface area contributed by atoms with Crippen LogP contribution in [0.3, 0.4) is 0 Å². The predicted molar refractivity (Wildman–Crippen MR) is 61.9 cm³/mol. The van der Waals surface area contributed by atoms with E-state index >= 15 is 0 Å². The van der Waals surface area contributed by atoms with Crippen LogP contribution in [0.15, 0.2) is 0 Å². The van der Waals surface area contributed by atoms with E-state index in [1.165, 1.54) is 42.1 Å². The van der Waals surface area contributed by atoms with E-state index in [1.807, 2.05) is 0 Å². The molecular formula is C13H20ClN. The highest BCUT2D eigenvalue weighted by atomic mass is 35.5. The number of halogens is 1. The fourth-order valence-corrected chi connectivity index (χ4v) is 6.98. The van der Waals surface area contributed by atoms with Gasteiger partial charge in [0.1, 0.15) is 0 Å². The largest absolute Gasteiger partial charge is 0.314 e. The van der Waals surface area contributed by atoms with E-state index in [2.05, 4.69) is 12.2 Å². The predicted octanol–water partition coefficient (Wildman–Crippen LogP) is 2.16. The summed E-state index contributed by atoms with van der Waals surface area (Å²) in [6, 6.07) is 0.961. The first-order valence-electron chi connectivity index (χ1n) is 6.65. The third kappa shape index (κ3) is 0.701. The summed E-state index contributed by atoms with van der Waals surface area (Å²) in [5, 5.41) is 3.82. The topological polar surface area (TPSA) is 12.0 Å². The summed E-state index contributed by atoms with van der Waals surface area (Å²) in [4.78, 5) is 0. The summed E-state index contributed by atoms with van der Waals surface area (Å²) in [5.74, 6) is 9.45. The van der Waals surface area contributed by atoms with Crippen molar-refractivity contribution in [2.75, 3.05) is 6.54 Å². The Kier molecular flexibility index (Phi) is 1.59. The minimum atomic E-state index is 0. The van der Waals surface area contributed by atoms with Crippen molar-refractivity contribution in [3.05, 3.63) is 0 Å². The van der Waals surface area contributed by atoms with Gasteiger partial charge in [-0.2, -0.15) is 0 Å². The van der Waals surface area contributed by atoms with Gasteiger partial charge < -0.3 is 5.32 Å². The fourth-order valence-electron chi connectivity index (χ4n) is 6.98. The van der Waals surface area contributed by atoms with Crippen LogP contribution < -0.4 is 5.32 Å². The van der Waals surface area contributed by atoms with E-state index in [4.69, 9.17) is 0 Å². The maximum absolute atomic E-state index is 3.82. The third-order valence-corrected chi connectivity index (χ3v) is 6.76. The van der Waals surface area contributed by atoms with Crippen molar-refractivity contribution in [2.45, 2.75) is 25.8 Å². The Bertz CT molecular complexity index is 312. The molecule has 5 saturated carbocycles. The third-order valence-electron chi connectivity index (χ3n) is 6.76. The van der Waals surface area contributed by atoms with Crippen LogP contribution in [0.4, 0.5) is 0 Å². The molecule has 0 heterocycles. The van der Waals surface area contributed by atoms with Gasteiger partial charge in [-0.25, -0.2) is 0 Å². The Morgan fingerprint density at radius 1 is 0.867 bits per heavy atom. The molecular weight excluding hydrogens is 206 g/mol. The van der Waals surface area contributed by atoms with Gasteiger partial charge in [-0.05, 0) is 66.7 Å². The van der Waals surface area contributed by atoms with Crippen molar-refractivity contribution in [1.82, 2.24) is 5.32 Å². The quantitative estimate of drug-likeness (QED) is 0.760. The lowest BCUT2D eigenvalue weighted by Crippen LogP contribution is -2.51. The molecule has 5 aliphatic rings. The second-order valence-corrected chi connectivity index (χ2v) is 6.52. The molecule has 1 N–H and O–H groups in total. The van der Waals surface area contributed by atoms with Crippen LogP contribution in [0.5, 0.6) is 0 Å². The molecule has 0 radical (unpaired) electrons. The molecule has 0 aromatic carbocycles. The van der Waals surface area contributed by atoms with Gasteiger partial charge in [-0.1, -0.05) is 6.92 Å². The van der Waals surface area contributed by atoms with Crippen molar-refractivity contribution >= 4 is 12.4 Å². The molecule has 9 unspecified atom stereocenters. The van der Waals surface area contributed by atoms with E-state index in [0.717, 1.165) is 17.9 Å². The lowest BCUT2D eigenvalue weighted by atomic mass is 9.59. The minimum Gasteiger partial charge on any atom is -0.314 e. The Hall–Kier alpha value is 0.250. The van der Waals surface area contributed by atoms with Crippen LogP contribution in [-0.4, -0.2) is 12.6 Å². The van der Waals surface area contributed by atoms with E-state index in [9.17, 15) is 0 Å². The van der Waals surface area contributed by atoms with Gasteiger partial charge >= 0.3 is 0 Å². The number of rotatable bonds is 2. The molecule has 5 fully saturated rings. The fraction of sp³-hybridized carbons (Fsp3) is 1.00. The first-order valence-corrected chi connectivity index (χ1v) is 6.65. The van der Waals surface area contributed by atoms with Gasteiger partial charge in [-0.15, -0.1) is 12.4 Å². The van der Waals surface area contributed by atoms with Crippen LogP contribution >= 0.6 is 12.4 Å². The van der Waals surface area contributed by atoms with Crippen molar-refractivity contribution in [3.63, 3.8) is 0 Å². The molecule has 5 rings (SSSR count). The van der Waals surface area contributed by atoms with Crippen molar-refractivity contribution in [3.8, 4) is 0 Å². The summed E-state index contributed by atoms with van der Waals surface area (Å²) in [6.45, 7) is 3.49. The zero-order valence-electron chi connectivity index (χ0n) is 9.23. The van der Waals surface area contributed by atoms with Gasteiger partial charge in [-0.3, -0.25) is 0 Å². The highest BCUT2D eigenvalue weighted by Crippen LogP contribution is 2.82. The first-order chi connectivity index (χ1) is 6.92. The highest BCUT2D eigenvalue weighted by Gasteiger charge is 2.80. The van der Waals surface area contributed by atoms with Gasteiger partial charge in [0.2, 0.25) is 0 Å². The van der Waals surface area contributed by atoms with E-state index < -0.39 is 0 Å². The molecule has 0 aromatic rings. The lowest BCUT2D eigenvalue weighted by Gasteiger charge is -2.48. The zero-order chi connectivity index (χ0) is 9.02. The first kappa shape index (κ1) is 9.30. The molecule has 2 heteroatoms. The van der Waals surface area contributed by atoms with Gasteiger partial charge in [0.25, 0.3) is 0 Å². The molecule has 15 heavy (non-hydrogen) atoms. The smallest absolute Gasteiger partial charge is 0.0135 e. The molecule has 84 valence electrons. The minimum absolute atomic E-state index is 0. The summed E-state index contributed by atoms with van der Waals surface area (Å²) in [5.41, 5.74) is 0. The number of fused-ring (bicyclic) bond motifs is 2. The van der Waals surface area contributed by atoms with Crippen molar-refractivity contribution < 1.29 is 0 Å². The highest BCUT2D eigenvalue weighted by molar-refractivity contribution is 5.85. The van der Waals surface area contributed by atoms with Crippen LogP contribution in [0.1, 0.15) is 19.8 Å². The van der Waals surface area contributed by atoms with Crippen LogP contribution in [0.2, 0.25) is 0 Å². The van der Waals surface area contributed by atoms with Gasteiger partial charge in [0, 0.05) is 6.04 Å². The van der Waals surface area contributed by atoms with E-state index in [0.29, 0.717) is 0 Å². The van der Waals surface area contributed by atoms with Gasteiger partial charge in [0.05, 0.1) is 0 Å². The standard InChI is InChI=1S/C13H19N.ClH/c1-2-14-13-10-6-4-7-9-5(6)3-8(10)11(9)12(7)13;/h5-14H,2-4H2,1H3;1H. The Morgan fingerprint density at radius 2 is 1.53 bits per heavy atom. The SMILES string of the molecule is CCNC1C2C3CC4C5C3CC2C5C41.Cl. The van der Waals surface area contributed by atoms with Crippen LogP contribution in [-0.2, 0) is 0 Å². The van der Waals surface area contributed by atoms with E-state index in [1.54, 1.807) is 12.8 Å². The summed E-state index contributed by atoms with van der Waals surface area (Å²) in [6.07, 6.45) is 3.28. The normalized spacial score (nSPS) is 69.8. The monoisotopic (exact) mass is 225 g/mol. The maximum atomic E-state index is 3.82. The Morgan fingerprint density at radius 3 is 2.27 bits per heavy atom. The van der Waals surface area contributed by atoms with Crippen LogP contribution in [0.25, 0.3) is 0 Å². The summed E-state index contributed by atoms with van der Waals surface area (Å²) >= 11 is 0. The second-order valence-electron chi connectivity index (χ2n) is 6.52. The summed E-state index contributed by atoms with van der Waals surface area (Å²) in [7, 11) is 0. The lowest BCUT2D eigenvalue weighted by molar-refractivity contribution is 0.0101. The molecule has 0 aromatic heterocycles. The van der Waals surface area contributed by atoms with Gasteiger partial charge in [0.15, 0.2) is 0 Å². The number of hydrogen-bond donors (Lipinski definition) is 1. The number of hydrogen-bond acceptors (Lipinski definition) is 1.